The summed E-state index contributed by atoms with van der Waals surface area (Å²) in [5.41, 5.74) is 1.62. The second kappa shape index (κ2) is 9.73. The van der Waals surface area contributed by atoms with Gasteiger partial charge in [-0.25, -0.2) is 9.97 Å². The standard InChI is InChI=1S/C25H27BrN6O2S/c26-17-12-19-20(34-15-33-19)13-21(17)35-25-29-22-23(27)28-14-32(24(22)30-25)11-8-18(31-9-4-5-10-31)16-6-2-1-3-7-16/h4-5,9-10,12-14,16,18,27H,1-3,6-8,11,15H2,(H,29,30). The summed E-state index contributed by atoms with van der Waals surface area (Å²) < 4.78 is 16.4. The van der Waals surface area contributed by atoms with Gasteiger partial charge in [-0.05, 0) is 65.4 Å². The van der Waals surface area contributed by atoms with E-state index in [4.69, 9.17) is 19.9 Å². The van der Waals surface area contributed by atoms with Crippen molar-refractivity contribution in [3.63, 3.8) is 0 Å². The maximum atomic E-state index is 8.33. The minimum Gasteiger partial charge on any atom is -0.454 e. The summed E-state index contributed by atoms with van der Waals surface area (Å²) in [5, 5.41) is 9.04. The van der Waals surface area contributed by atoms with Gasteiger partial charge in [0.2, 0.25) is 6.79 Å². The summed E-state index contributed by atoms with van der Waals surface area (Å²) in [6, 6.07) is 8.55. The number of aryl methyl sites for hydroxylation is 1. The molecule has 0 saturated heterocycles. The van der Waals surface area contributed by atoms with E-state index in [1.165, 1.54) is 43.9 Å². The number of hydrogen-bond acceptors (Lipinski definition) is 6. The van der Waals surface area contributed by atoms with Crippen molar-refractivity contribution in [3.05, 3.63) is 52.9 Å². The van der Waals surface area contributed by atoms with E-state index in [1.54, 1.807) is 6.33 Å². The van der Waals surface area contributed by atoms with Crippen LogP contribution >= 0.6 is 27.7 Å². The zero-order chi connectivity index (χ0) is 23.8. The molecule has 3 aromatic heterocycles. The van der Waals surface area contributed by atoms with Gasteiger partial charge in [-0.2, -0.15) is 0 Å². The number of benzene rings is 1. The smallest absolute Gasteiger partial charge is 0.231 e. The van der Waals surface area contributed by atoms with Crippen LogP contribution in [0.5, 0.6) is 11.5 Å². The van der Waals surface area contributed by atoms with Gasteiger partial charge in [-0.3, -0.25) is 5.41 Å². The molecule has 1 atom stereocenters. The Balaban J connectivity index is 1.26. The highest BCUT2D eigenvalue weighted by Gasteiger charge is 2.25. The summed E-state index contributed by atoms with van der Waals surface area (Å²) in [4.78, 5) is 13.5. The van der Waals surface area contributed by atoms with Gasteiger partial charge < -0.3 is 23.6 Å². The Bertz CT molecular complexity index is 1390. The Morgan fingerprint density at radius 3 is 2.71 bits per heavy atom. The van der Waals surface area contributed by atoms with Gasteiger partial charge in [0.25, 0.3) is 0 Å². The van der Waals surface area contributed by atoms with Crippen LogP contribution in [0.15, 0.2) is 57.5 Å². The molecule has 2 N–H and O–H groups in total. The fraction of sp³-hybridized carbons (Fsp3) is 0.400. The monoisotopic (exact) mass is 554 g/mol. The molecule has 0 spiro atoms. The molecule has 182 valence electrons. The van der Waals surface area contributed by atoms with Crippen molar-refractivity contribution in [3.8, 4) is 11.5 Å². The van der Waals surface area contributed by atoms with Gasteiger partial charge in [0.1, 0.15) is 5.52 Å². The van der Waals surface area contributed by atoms with Gasteiger partial charge in [0.05, 0.1) is 6.33 Å². The van der Waals surface area contributed by atoms with E-state index < -0.39 is 0 Å². The Hall–Kier alpha value is -2.72. The number of rotatable bonds is 7. The van der Waals surface area contributed by atoms with Crippen molar-refractivity contribution in [1.29, 1.82) is 5.41 Å². The molecule has 35 heavy (non-hydrogen) atoms. The first-order chi connectivity index (χ1) is 17.2. The number of fused-ring (bicyclic) bond motifs is 2. The molecule has 0 amide bonds. The van der Waals surface area contributed by atoms with E-state index in [0.717, 1.165) is 39.5 Å². The van der Waals surface area contributed by atoms with Crippen molar-refractivity contribution in [2.45, 2.75) is 61.2 Å². The largest absolute Gasteiger partial charge is 0.454 e. The molecular formula is C25H27BrN6O2S. The number of H-pyrrole nitrogens is 1. The minimum atomic E-state index is 0.203. The van der Waals surface area contributed by atoms with E-state index in [0.29, 0.717) is 22.6 Å². The van der Waals surface area contributed by atoms with Crippen molar-refractivity contribution in [2.24, 2.45) is 5.92 Å². The Labute approximate surface area is 215 Å². The third-order valence-corrected chi connectivity index (χ3v) is 8.86. The molecule has 4 heterocycles. The number of aromatic amines is 1. The first-order valence-electron chi connectivity index (χ1n) is 12.0. The number of imidazole rings is 1. The molecule has 6 rings (SSSR count). The second-order valence-corrected chi connectivity index (χ2v) is 11.0. The zero-order valence-corrected chi connectivity index (χ0v) is 21.6. The number of hydrogen-bond donors (Lipinski definition) is 2. The zero-order valence-electron chi connectivity index (χ0n) is 19.2. The van der Waals surface area contributed by atoms with Crippen molar-refractivity contribution >= 4 is 38.9 Å². The fourth-order valence-electron chi connectivity index (χ4n) is 5.24. The van der Waals surface area contributed by atoms with E-state index >= 15 is 0 Å². The van der Waals surface area contributed by atoms with E-state index in [1.807, 2.05) is 12.1 Å². The topological polar surface area (TPSA) is 93.7 Å². The molecule has 2 aliphatic rings. The molecule has 1 saturated carbocycles. The highest BCUT2D eigenvalue weighted by Crippen LogP contribution is 2.42. The lowest BCUT2D eigenvalue weighted by Crippen LogP contribution is -2.23. The molecule has 0 bridgehead atoms. The Morgan fingerprint density at radius 1 is 1.14 bits per heavy atom. The summed E-state index contributed by atoms with van der Waals surface area (Å²) >= 11 is 5.11. The van der Waals surface area contributed by atoms with Crippen molar-refractivity contribution in [2.75, 3.05) is 6.79 Å². The number of nitrogens with one attached hydrogen (secondary N) is 2. The summed E-state index contributed by atoms with van der Waals surface area (Å²) in [5.74, 6) is 2.16. The van der Waals surface area contributed by atoms with Crippen LogP contribution in [0.2, 0.25) is 0 Å². The molecule has 1 aliphatic heterocycles. The average molecular weight is 556 g/mol. The second-order valence-electron chi connectivity index (χ2n) is 9.15. The third kappa shape index (κ3) is 4.61. The predicted molar refractivity (Wildman–Crippen MR) is 137 cm³/mol. The number of halogens is 1. The van der Waals surface area contributed by atoms with Gasteiger partial charge in [-0.1, -0.05) is 31.0 Å². The third-order valence-electron chi connectivity index (χ3n) is 7.00. The van der Waals surface area contributed by atoms with E-state index in [9.17, 15) is 0 Å². The van der Waals surface area contributed by atoms with Crippen LogP contribution in [0.1, 0.15) is 44.6 Å². The summed E-state index contributed by atoms with van der Waals surface area (Å²) in [7, 11) is 0. The quantitative estimate of drug-likeness (QED) is 0.297. The lowest BCUT2D eigenvalue weighted by atomic mass is 9.82. The molecule has 10 heteroatoms. The maximum absolute atomic E-state index is 8.33. The minimum absolute atomic E-state index is 0.203. The van der Waals surface area contributed by atoms with Crippen LogP contribution < -0.4 is 15.0 Å². The predicted octanol–water partition coefficient (Wildman–Crippen LogP) is 5.89. The Morgan fingerprint density at radius 2 is 1.91 bits per heavy atom. The van der Waals surface area contributed by atoms with Gasteiger partial charge >= 0.3 is 0 Å². The summed E-state index contributed by atoms with van der Waals surface area (Å²) in [6.45, 7) is 1.03. The van der Waals surface area contributed by atoms with Gasteiger partial charge in [-0.15, -0.1) is 0 Å². The van der Waals surface area contributed by atoms with Crippen LogP contribution in [0.25, 0.3) is 11.2 Å². The normalized spacial score (nSPS) is 16.7. The molecule has 0 radical (unpaired) electrons. The molecule has 4 aromatic rings. The lowest BCUT2D eigenvalue weighted by Gasteiger charge is -2.31. The number of nitrogens with zero attached hydrogens (tertiary/aromatic N) is 4. The number of ether oxygens (including phenoxy) is 2. The van der Waals surface area contributed by atoms with Crippen LogP contribution in [-0.2, 0) is 6.54 Å². The fourth-order valence-corrected chi connectivity index (χ4v) is 6.62. The van der Waals surface area contributed by atoms with Gasteiger partial charge in [0, 0.05) is 34.3 Å². The van der Waals surface area contributed by atoms with E-state index in [-0.39, 0.29) is 12.3 Å². The lowest BCUT2D eigenvalue weighted by molar-refractivity contribution is 0.174. The van der Waals surface area contributed by atoms with Crippen molar-refractivity contribution in [1.82, 2.24) is 24.1 Å². The highest BCUT2D eigenvalue weighted by atomic mass is 79.9. The molecule has 1 aromatic carbocycles. The average Bonchev–Trinajstić information content (AvgIpc) is 3.63. The highest BCUT2D eigenvalue weighted by molar-refractivity contribution is 9.10. The van der Waals surface area contributed by atoms with Gasteiger partial charge in [0.15, 0.2) is 27.8 Å². The van der Waals surface area contributed by atoms with Crippen LogP contribution in [0.3, 0.4) is 0 Å². The van der Waals surface area contributed by atoms with Crippen molar-refractivity contribution < 1.29 is 9.47 Å². The molecule has 8 nitrogen and oxygen atoms in total. The number of aromatic nitrogens is 5. The molecular weight excluding hydrogens is 528 g/mol. The first-order valence-corrected chi connectivity index (χ1v) is 13.7. The molecule has 1 unspecified atom stereocenters. The van der Waals surface area contributed by atoms with Crippen LogP contribution in [-0.4, -0.2) is 30.9 Å². The Kier molecular flexibility index (Phi) is 6.32. The molecule has 1 fully saturated rings. The maximum Gasteiger partial charge on any atom is 0.231 e. The SMILES string of the molecule is N=c1ncn(CCC(C2CCCCC2)n2cccc2)c2nc(Sc3cc4c(cc3Br)OCO4)[nH]c12. The van der Waals surface area contributed by atoms with Crippen LogP contribution in [0.4, 0.5) is 0 Å². The summed E-state index contributed by atoms with van der Waals surface area (Å²) in [6.07, 6.45) is 13.7. The first kappa shape index (κ1) is 22.7. The van der Waals surface area contributed by atoms with E-state index in [2.05, 4.69) is 59.6 Å². The molecule has 1 aliphatic carbocycles. The van der Waals surface area contributed by atoms with Crippen LogP contribution in [0, 0.1) is 11.3 Å².